The number of hydrogen-bond donors (Lipinski definition) is 0. The van der Waals surface area contributed by atoms with Crippen molar-refractivity contribution in [3.05, 3.63) is 23.5 Å². The van der Waals surface area contributed by atoms with Crippen molar-refractivity contribution in [2.24, 2.45) is 5.92 Å². The molecule has 2 aromatic heterocycles. The van der Waals surface area contributed by atoms with Gasteiger partial charge < -0.3 is 0 Å². The van der Waals surface area contributed by atoms with Crippen molar-refractivity contribution in [1.82, 2.24) is 9.97 Å². The van der Waals surface area contributed by atoms with Crippen LogP contribution in [0, 0.1) is 5.92 Å². The third-order valence-electron chi connectivity index (χ3n) is 2.69. The minimum atomic E-state index is 0.315. The minimum absolute atomic E-state index is 0.315. The molecule has 3 nitrogen and oxygen atoms in total. The van der Waals surface area contributed by atoms with Crippen molar-refractivity contribution in [2.45, 2.75) is 19.3 Å². The van der Waals surface area contributed by atoms with Crippen LogP contribution in [0.2, 0.25) is 0 Å². The molecule has 0 saturated heterocycles. The number of carbonyl (C=O) groups is 1. The Labute approximate surface area is 91.2 Å². The Morgan fingerprint density at radius 2 is 2.33 bits per heavy atom. The van der Waals surface area contributed by atoms with Crippen molar-refractivity contribution in [2.75, 3.05) is 0 Å². The summed E-state index contributed by atoms with van der Waals surface area (Å²) in [6.07, 6.45) is 4.16. The predicted octanol–water partition coefficient (Wildman–Crippen LogP) is 2.21. The van der Waals surface area contributed by atoms with Crippen LogP contribution in [0.1, 0.15) is 18.5 Å². The van der Waals surface area contributed by atoms with Crippen molar-refractivity contribution in [3.63, 3.8) is 0 Å². The third-order valence-corrected chi connectivity index (χ3v) is 3.64. The quantitative estimate of drug-likeness (QED) is 0.793. The molecule has 0 unspecified atom stereocenters. The van der Waals surface area contributed by atoms with Crippen LogP contribution >= 0.6 is 11.3 Å². The maximum Gasteiger partial charge on any atom is 0.141 e. The van der Waals surface area contributed by atoms with E-state index in [1.807, 2.05) is 11.4 Å². The molecule has 0 N–H and O–H groups in total. The molecule has 0 aliphatic heterocycles. The number of carbonyl (C=O) groups excluding carboxylic acids is 1. The first-order chi connectivity index (χ1) is 7.34. The Kier molecular flexibility index (Phi) is 2.02. The average Bonchev–Trinajstić information content (AvgIpc) is 2.97. The van der Waals surface area contributed by atoms with Crippen LogP contribution < -0.4 is 0 Å². The van der Waals surface area contributed by atoms with Crippen LogP contribution in [0.15, 0.2) is 17.8 Å². The molecule has 1 aliphatic rings. The summed E-state index contributed by atoms with van der Waals surface area (Å²) in [5.74, 6) is 0.651. The van der Waals surface area contributed by atoms with Gasteiger partial charge in [-0.1, -0.05) is 0 Å². The Balaban J connectivity index is 1.95. The molecule has 0 atom stereocenters. The number of thiophene rings is 1. The third kappa shape index (κ3) is 1.65. The zero-order valence-corrected chi connectivity index (χ0v) is 8.96. The van der Waals surface area contributed by atoms with E-state index < -0.39 is 0 Å². The second-order valence-electron chi connectivity index (χ2n) is 3.87. The van der Waals surface area contributed by atoms with Crippen LogP contribution in [-0.2, 0) is 11.2 Å². The van der Waals surface area contributed by atoms with E-state index in [-0.39, 0.29) is 0 Å². The van der Waals surface area contributed by atoms with Gasteiger partial charge in [0.05, 0.1) is 22.3 Å². The number of fused-ring (bicyclic) bond motifs is 1. The molecule has 3 rings (SSSR count). The van der Waals surface area contributed by atoms with Gasteiger partial charge in [-0.3, -0.25) is 4.79 Å². The van der Waals surface area contributed by atoms with Gasteiger partial charge in [-0.15, -0.1) is 11.3 Å². The highest BCUT2D eigenvalue weighted by atomic mass is 32.1. The normalized spacial score (nSPS) is 15.7. The van der Waals surface area contributed by atoms with Crippen LogP contribution in [0.25, 0.3) is 10.2 Å². The minimum Gasteiger partial charge on any atom is -0.299 e. The highest BCUT2D eigenvalue weighted by Gasteiger charge is 2.29. The summed E-state index contributed by atoms with van der Waals surface area (Å²) < 4.78 is 1.06. The Hall–Kier alpha value is -1.29. The number of nitrogens with zero attached hydrogens (tertiary/aromatic N) is 2. The summed E-state index contributed by atoms with van der Waals surface area (Å²) in [5, 5.41) is 1.99. The van der Waals surface area contributed by atoms with E-state index in [9.17, 15) is 4.79 Å². The maximum atomic E-state index is 11.7. The average molecular weight is 218 g/mol. The second-order valence-corrected chi connectivity index (χ2v) is 4.79. The zero-order chi connectivity index (χ0) is 10.3. The van der Waals surface area contributed by atoms with E-state index in [1.165, 1.54) is 0 Å². The lowest BCUT2D eigenvalue weighted by molar-refractivity contribution is -0.119. The topological polar surface area (TPSA) is 42.9 Å². The molecular formula is C11H10N2OS. The SMILES string of the molecule is O=C(Cc1ncnc2ccsc12)C1CC1. The molecular weight excluding hydrogens is 208 g/mol. The zero-order valence-electron chi connectivity index (χ0n) is 8.14. The molecule has 0 bridgehead atoms. The van der Waals surface area contributed by atoms with E-state index in [2.05, 4.69) is 9.97 Å². The molecule has 1 aliphatic carbocycles. The van der Waals surface area contributed by atoms with Crippen molar-refractivity contribution < 1.29 is 4.79 Å². The molecule has 0 spiro atoms. The summed E-state index contributed by atoms with van der Waals surface area (Å²) in [5.41, 5.74) is 1.85. The van der Waals surface area contributed by atoms with E-state index in [1.54, 1.807) is 17.7 Å². The molecule has 76 valence electrons. The van der Waals surface area contributed by atoms with Gasteiger partial charge in [0.1, 0.15) is 12.1 Å². The first-order valence-corrected chi connectivity index (χ1v) is 5.92. The predicted molar refractivity (Wildman–Crippen MR) is 58.9 cm³/mol. The fourth-order valence-electron chi connectivity index (χ4n) is 1.68. The van der Waals surface area contributed by atoms with Gasteiger partial charge in [0, 0.05) is 5.92 Å². The largest absolute Gasteiger partial charge is 0.299 e. The van der Waals surface area contributed by atoms with Crippen LogP contribution in [0.4, 0.5) is 0 Å². The number of ketones is 1. The fraction of sp³-hybridized carbons (Fsp3) is 0.364. The van der Waals surface area contributed by atoms with Crippen molar-refractivity contribution >= 4 is 27.3 Å². The molecule has 15 heavy (non-hydrogen) atoms. The van der Waals surface area contributed by atoms with Crippen molar-refractivity contribution in [1.29, 1.82) is 0 Å². The molecule has 0 aromatic carbocycles. The molecule has 1 fully saturated rings. The van der Waals surface area contributed by atoms with Gasteiger partial charge in [-0.05, 0) is 24.3 Å². The van der Waals surface area contributed by atoms with Crippen LogP contribution in [0.3, 0.4) is 0 Å². The standard InChI is InChI=1S/C11H10N2OS/c14-10(7-1-2-7)5-9-11-8(3-4-15-11)12-6-13-9/h3-4,6-7H,1-2,5H2. The van der Waals surface area contributed by atoms with E-state index in [0.717, 1.165) is 28.8 Å². The lowest BCUT2D eigenvalue weighted by Crippen LogP contribution is -2.06. The van der Waals surface area contributed by atoms with Gasteiger partial charge in [-0.2, -0.15) is 0 Å². The van der Waals surface area contributed by atoms with E-state index >= 15 is 0 Å². The Morgan fingerprint density at radius 3 is 3.13 bits per heavy atom. The summed E-state index contributed by atoms with van der Waals surface area (Å²) in [4.78, 5) is 20.0. The van der Waals surface area contributed by atoms with Gasteiger partial charge in [0.2, 0.25) is 0 Å². The summed E-state index contributed by atoms with van der Waals surface area (Å²) in [7, 11) is 0. The monoisotopic (exact) mass is 218 g/mol. The number of Topliss-reactive ketones (excluding diaryl/α,β-unsaturated/α-hetero) is 1. The summed E-state index contributed by atoms with van der Waals surface area (Å²) in [6.45, 7) is 0. The number of rotatable bonds is 3. The van der Waals surface area contributed by atoms with Gasteiger partial charge in [0.15, 0.2) is 0 Å². The maximum absolute atomic E-state index is 11.7. The first kappa shape index (κ1) is 8.97. The molecule has 0 amide bonds. The number of aromatic nitrogens is 2. The first-order valence-electron chi connectivity index (χ1n) is 5.04. The van der Waals surface area contributed by atoms with Gasteiger partial charge in [0.25, 0.3) is 0 Å². The Morgan fingerprint density at radius 1 is 1.47 bits per heavy atom. The van der Waals surface area contributed by atoms with Crippen LogP contribution in [-0.4, -0.2) is 15.8 Å². The van der Waals surface area contributed by atoms with Crippen molar-refractivity contribution in [3.8, 4) is 0 Å². The summed E-state index contributed by atoms with van der Waals surface area (Å²) >= 11 is 1.61. The molecule has 2 aromatic rings. The Bertz CT molecular complexity index is 516. The highest BCUT2D eigenvalue weighted by Crippen LogP contribution is 2.31. The molecule has 1 saturated carbocycles. The lowest BCUT2D eigenvalue weighted by atomic mass is 10.1. The van der Waals surface area contributed by atoms with E-state index in [0.29, 0.717) is 18.1 Å². The number of hydrogen-bond acceptors (Lipinski definition) is 4. The van der Waals surface area contributed by atoms with E-state index in [4.69, 9.17) is 0 Å². The van der Waals surface area contributed by atoms with Gasteiger partial charge in [-0.25, -0.2) is 9.97 Å². The molecule has 2 heterocycles. The fourth-order valence-corrected chi connectivity index (χ4v) is 2.52. The second kappa shape index (κ2) is 3.38. The highest BCUT2D eigenvalue weighted by molar-refractivity contribution is 7.17. The van der Waals surface area contributed by atoms with Crippen LogP contribution in [0.5, 0.6) is 0 Å². The summed E-state index contributed by atoms with van der Waals surface area (Å²) in [6, 6.07) is 1.97. The molecule has 0 radical (unpaired) electrons. The van der Waals surface area contributed by atoms with Gasteiger partial charge >= 0.3 is 0 Å². The lowest BCUT2D eigenvalue weighted by Gasteiger charge is -1.99. The smallest absolute Gasteiger partial charge is 0.141 e. The molecule has 4 heteroatoms.